The lowest BCUT2D eigenvalue weighted by Crippen LogP contribution is -2.23. The summed E-state index contributed by atoms with van der Waals surface area (Å²) in [5.74, 6) is 0. The van der Waals surface area contributed by atoms with Gasteiger partial charge in [-0.1, -0.05) is 0 Å². The summed E-state index contributed by atoms with van der Waals surface area (Å²) in [5, 5.41) is 0. The van der Waals surface area contributed by atoms with E-state index in [9.17, 15) is 0 Å². The van der Waals surface area contributed by atoms with Gasteiger partial charge in [0.2, 0.25) is 0 Å². The third-order valence-corrected chi connectivity index (χ3v) is 1.52. The van der Waals surface area contributed by atoms with Gasteiger partial charge in [-0.3, -0.25) is 0 Å². The predicted molar refractivity (Wildman–Crippen MR) is 33.9 cm³/mol. The molecule has 8 heavy (non-hydrogen) atoms. The number of hydrogen-bond acceptors (Lipinski definition) is 1. The van der Waals surface area contributed by atoms with Gasteiger partial charge in [0.1, 0.15) is 7.85 Å². The smallest absolute Gasteiger partial charge is 0.113 e. The van der Waals surface area contributed by atoms with Gasteiger partial charge in [-0.15, -0.1) is 0 Å². The molecule has 1 nitrogen and oxygen atoms in total. The first-order chi connectivity index (χ1) is 3.60. The summed E-state index contributed by atoms with van der Waals surface area (Å²) in [7, 11) is 5.65. The zero-order valence-electron chi connectivity index (χ0n) is 5.48. The van der Waals surface area contributed by atoms with Crippen molar-refractivity contribution in [2.45, 2.75) is 38.3 Å². The van der Waals surface area contributed by atoms with E-state index < -0.39 is 0 Å². The molecule has 1 aliphatic heterocycles. The van der Waals surface area contributed by atoms with Crippen molar-refractivity contribution in [1.29, 1.82) is 0 Å². The highest BCUT2D eigenvalue weighted by atomic mass is 16.5. The van der Waals surface area contributed by atoms with Crippen LogP contribution in [0.5, 0.6) is 0 Å². The van der Waals surface area contributed by atoms with Gasteiger partial charge in [0.05, 0.1) is 6.10 Å². The van der Waals surface area contributed by atoms with Crippen molar-refractivity contribution in [2.24, 2.45) is 0 Å². The van der Waals surface area contributed by atoms with E-state index in [1.165, 1.54) is 0 Å². The Hall–Kier alpha value is 0.0249. The molecule has 0 aromatic rings. The highest BCUT2D eigenvalue weighted by Gasteiger charge is 2.27. The minimum Gasteiger partial charge on any atom is -0.382 e. The highest BCUT2D eigenvalue weighted by Crippen LogP contribution is 2.25. The molecule has 0 aromatic heterocycles. The standard InChI is InChI=1S/C6H11BO/c1-5-3-4-6(2,7)8-5/h5H,3-4H2,1-2H3/t5-,6-/m1/s1. The van der Waals surface area contributed by atoms with Crippen molar-refractivity contribution in [1.82, 2.24) is 0 Å². The van der Waals surface area contributed by atoms with Crippen LogP contribution in [0.4, 0.5) is 0 Å². The third-order valence-electron chi connectivity index (χ3n) is 1.52. The second-order valence-corrected chi connectivity index (χ2v) is 2.78. The van der Waals surface area contributed by atoms with Crippen molar-refractivity contribution in [2.75, 3.05) is 0 Å². The first-order valence-corrected chi connectivity index (χ1v) is 3.07. The zero-order valence-corrected chi connectivity index (χ0v) is 5.48. The van der Waals surface area contributed by atoms with E-state index in [2.05, 4.69) is 6.92 Å². The second-order valence-electron chi connectivity index (χ2n) is 2.78. The van der Waals surface area contributed by atoms with Crippen LogP contribution >= 0.6 is 0 Å². The Labute approximate surface area is 51.8 Å². The molecule has 1 saturated heterocycles. The molecule has 0 unspecified atom stereocenters. The molecule has 0 saturated carbocycles. The van der Waals surface area contributed by atoms with E-state index in [1.54, 1.807) is 0 Å². The lowest BCUT2D eigenvalue weighted by Gasteiger charge is -2.17. The maximum absolute atomic E-state index is 5.65. The van der Waals surface area contributed by atoms with Gasteiger partial charge in [0, 0.05) is 5.50 Å². The monoisotopic (exact) mass is 110 g/mol. The second kappa shape index (κ2) is 1.76. The maximum atomic E-state index is 5.65. The molecule has 1 rings (SSSR count). The topological polar surface area (TPSA) is 9.23 Å². The molecule has 0 aromatic carbocycles. The van der Waals surface area contributed by atoms with Crippen LogP contribution in [0.3, 0.4) is 0 Å². The molecule has 1 heterocycles. The Morgan fingerprint density at radius 2 is 2.38 bits per heavy atom. The Balaban J connectivity index is 2.44. The quantitative estimate of drug-likeness (QED) is 0.424. The van der Waals surface area contributed by atoms with Crippen molar-refractivity contribution < 1.29 is 4.74 Å². The minimum absolute atomic E-state index is 0.334. The first kappa shape index (κ1) is 6.15. The maximum Gasteiger partial charge on any atom is 0.113 e. The average Bonchev–Trinajstić information content (AvgIpc) is 1.82. The Bertz CT molecular complexity index is 90.5. The fourth-order valence-corrected chi connectivity index (χ4v) is 1.07. The molecule has 0 bridgehead atoms. The van der Waals surface area contributed by atoms with Crippen LogP contribution in [-0.4, -0.2) is 19.5 Å². The lowest BCUT2D eigenvalue weighted by molar-refractivity contribution is 0.0378. The van der Waals surface area contributed by atoms with Crippen molar-refractivity contribution in [3.05, 3.63) is 0 Å². The highest BCUT2D eigenvalue weighted by molar-refractivity contribution is 6.14. The molecular formula is C6H11BO. The van der Waals surface area contributed by atoms with E-state index in [4.69, 9.17) is 12.6 Å². The summed E-state index contributed by atoms with van der Waals surface area (Å²) in [6.45, 7) is 3.98. The van der Waals surface area contributed by atoms with Gasteiger partial charge in [0.25, 0.3) is 0 Å². The zero-order chi connectivity index (χ0) is 6.20. The summed E-state index contributed by atoms with van der Waals surface area (Å²) >= 11 is 0. The fourth-order valence-electron chi connectivity index (χ4n) is 1.07. The van der Waals surface area contributed by atoms with Crippen LogP contribution in [0.25, 0.3) is 0 Å². The van der Waals surface area contributed by atoms with E-state index in [0.29, 0.717) is 6.10 Å². The van der Waals surface area contributed by atoms with E-state index in [-0.39, 0.29) is 5.50 Å². The summed E-state index contributed by atoms with van der Waals surface area (Å²) in [5.41, 5.74) is -0.334. The summed E-state index contributed by atoms with van der Waals surface area (Å²) < 4.78 is 5.33. The van der Waals surface area contributed by atoms with E-state index in [1.807, 2.05) is 6.92 Å². The lowest BCUT2D eigenvalue weighted by atomic mass is 9.81. The normalized spacial score (nSPS) is 47.5. The van der Waals surface area contributed by atoms with Crippen molar-refractivity contribution >= 4 is 7.85 Å². The van der Waals surface area contributed by atoms with E-state index >= 15 is 0 Å². The van der Waals surface area contributed by atoms with Gasteiger partial charge in [-0.25, -0.2) is 0 Å². The van der Waals surface area contributed by atoms with Crippen LogP contribution in [0.2, 0.25) is 0 Å². The molecule has 2 heteroatoms. The molecule has 0 amide bonds. The fraction of sp³-hybridized carbons (Fsp3) is 1.00. The molecule has 2 radical (unpaired) electrons. The summed E-state index contributed by atoms with van der Waals surface area (Å²) in [4.78, 5) is 0. The molecule has 0 N–H and O–H groups in total. The summed E-state index contributed by atoms with van der Waals surface area (Å²) in [6.07, 6.45) is 2.46. The molecular weight excluding hydrogens is 98.9 g/mol. The van der Waals surface area contributed by atoms with Gasteiger partial charge < -0.3 is 4.74 Å². The van der Waals surface area contributed by atoms with Gasteiger partial charge in [0.15, 0.2) is 0 Å². The minimum atomic E-state index is -0.334. The van der Waals surface area contributed by atoms with Crippen LogP contribution < -0.4 is 0 Å². The molecule has 0 aliphatic carbocycles. The van der Waals surface area contributed by atoms with Gasteiger partial charge >= 0.3 is 0 Å². The molecule has 0 spiro atoms. The Morgan fingerprint density at radius 3 is 2.50 bits per heavy atom. The van der Waals surface area contributed by atoms with Crippen LogP contribution in [-0.2, 0) is 4.74 Å². The number of rotatable bonds is 0. The largest absolute Gasteiger partial charge is 0.382 e. The van der Waals surface area contributed by atoms with Crippen molar-refractivity contribution in [3.63, 3.8) is 0 Å². The van der Waals surface area contributed by atoms with Crippen LogP contribution in [0.1, 0.15) is 26.7 Å². The molecule has 1 aliphatic rings. The van der Waals surface area contributed by atoms with Crippen molar-refractivity contribution in [3.8, 4) is 0 Å². The first-order valence-electron chi connectivity index (χ1n) is 3.07. The SMILES string of the molecule is [B][C@@]1(C)CC[C@@H](C)O1. The molecule has 1 fully saturated rings. The average molecular weight is 110 g/mol. The Morgan fingerprint density at radius 1 is 1.75 bits per heavy atom. The summed E-state index contributed by atoms with van der Waals surface area (Å²) in [6, 6.07) is 0. The Kier molecular flexibility index (Phi) is 1.36. The van der Waals surface area contributed by atoms with Gasteiger partial charge in [-0.05, 0) is 26.7 Å². The molecule has 44 valence electrons. The van der Waals surface area contributed by atoms with Crippen LogP contribution in [0.15, 0.2) is 0 Å². The van der Waals surface area contributed by atoms with Crippen LogP contribution in [0, 0.1) is 0 Å². The molecule has 2 atom stereocenters. The van der Waals surface area contributed by atoms with Gasteiger partial charge in [-0.2, -0.15) is 0 Å². The number of hydrogen-bond donors (Lipinski definition) is 0. The third kappa shape index (κ3) is 1.25. The predicted octanol–water partition coefficient (Wildman–Crippen LogP) is 1.07. The van der Waals surface area contributed by atoms with E-state index in [0.717, 1.165) is 12.8 Å². The number of ether oxygens (including phenoxy) is 1.